The van der Waals surface area contributed by atoms with E-state index in [0.29, 0.717) is 12.3 Å². The minimum absolute atomic E-state index is 0.0952. The lowest BCUT2D eigenvalue weighted by atomic mass is 10.3. The van der Waals surface area contributed by atoms with E-state index in [1.54, 1.807) is 24.1 Å². The van der Waals surface area contributed by atoms with E-state index >= 15 is 0 Å². The third-order valence-electron chi connectivity index (χ3n) is 2.73. The van der Waals surface area contributed by atoms with Crippen molar-refractivity contribution in [2.75, 3.05) is 19.0 Å². The predicted octanol–water partition coefficient (Wildman–Crippen LogP) is 1.16. The summed E-state index contributed by atoms with van der Waals surface area (Å²) in [7, 11) is 3.45. The molecule has 0 atom stereocenters. The van der Waals surface area contributed by atoms with Gasteiger partial charge in [0, 0.05) is 37.1 Å². The molecule has 20 heavy (non-hydrogen) atoms. The lowest BCUT2D eigenvalue weighted by Gasteiger charge is -2.07. The Balaban J connectivity index is 1.77. The van der Waals surface area contributed by atoms with Crippen molar-refractivity contribution in [3.63, 3.8) is 0 Å². The third-order valence-corrected chi connectivity index (χ3v) is 2.73. The summed E-state index contributed by atoms with van der Waals surface area (Å²) in [5, 5.41) is 9.94. The molecule has 1 aromatic heterocycles. The van der Waals surface area contributed by atoms with Crippen molar-refractivity contribution in [1.82, 2.24) is 15.1 Å². The van der Waals surface area contributed by atoms with Gasteiger partial charge >= 0.3 is 0 Å². The van der Waals surface area contributed by atoms with Gasteiger partial charge in [-0.25, -0.2) is 0 Å². The van der Waals surface area contributed by atoms with Gasteiger partial charge in [0.2, 0.25) is 5.91 Å². The second-order valence-corrected chi connectivity index (χ2v) is 4.41. The molecule has 2 rings (SSSR count). The summed E-state index contributed by atoms with van der Waals surface area (Å²) in [6, 6.07) is 7.26. The average Bonchev–Trinajstić information content (AvgIpc) is 2.84. The van der Waals surface area contributed by atoms with Gasteiger partial charge in [0.1, 0.15) is 5.75 Å². The van der Waals surface area contributed by atoms with Crippen molar-refractivity contribution in [2.24, 2.45) is 7.05 Å². The maximum atomic E-state index is 11.8. The van der Waals surface area contributed by atoms with E-state index in [9.17, 15) is 4.79 Å². The SMILES string of the molecule is COc1cccc(NC(=O)CNCc2cnn(C)c2)c1. The minimum atomic E-state index is -0.0952. The highest BCUT2D eigenvalue weighted by molar-refractivity contribution is 5.92. The maximum Gasteiger partial charge on any atom is 0.238 e. The number of ether oxygens (including phenoxy) is 1. The van der Waals surface area contributed by atoms with Crippen molar-refractivity contribution < 1.29 is 9.53 Å². The molecule has 0 aliphatic carbocycles. The van der Waals surface area contributed by atoms with E-state index in [4.69, 9.17) is 4.74 Å². The molecule has 0 saturated carbocycles. The van der Waals surface area contributed by atoms with E-state index < -0.39 is 0 Å². The summed E-state index contributed by atoms with van der Waals surface area (Å²) in [6.45, 7) is 0.853. The molecule has 2 aromatic rings. The molecule has 0 aliphatic rings. The van der Waals surface area contributed by atoms with Gasteiger partial charge in [0.15, 0.2) is 0 Å². The van der Waals surface area contributed by atoms with E-state index in [1.807, 2.05) is 31.4 Å². The van der Waals surface area contributed by atoms with Crippen molar-refractivity contribution in [2.45, 2.75) is 6.54 Å². The summed E-state index contributed by atoms with van der Waals surface area (Å²) in [4.78, 5) is 11.8. The Kier molecular flexibility index (Phi) is 4.73. The largest absolute Gasteiger partial charge is 0.497 e. The normalized spacial score (nSPS) is 10.3. The molecule has 6 nitrogen and oxygen atoms in total. The molecule has 2 N–H and O–H groups in total. The molecular weight excluding hydrogens is 256 g/mol. The number of rotatable bonds is 6. The van der Waals surface area contributed by atoms with Gasteiger partial charge in [-0.2, -0.15) is 5.10 Å². The summed E-state index contributed by atoms with van der Waals surface area (Å²) in [6.07, 6.45) is 3.68. The fraction of sp³-hybridized carbons (Fsp3) is 0.286. The van der Waals surface area contributed by atoms with Crippen LogP contribution in [-0.2, 0) is 18.4 Å². The van der Waals surface area contributed by atoms with Crippen LogP contribution in [0.1, 0.15) is 5.56 Å². The molecule has 0 radical (unpaired) electrons. The van der Waals surface area contributed by atoms with Crippen LogP contribution in [0.4, 0.5) is 5.69 Å². The van der Waals surface area contributed by atoms with Crippen LogP contribution in [0.25, 0.3) is 0 Å². The highest BCUT2D eigenvalue weighted by Crippen LogP contribution is 2.16. The molecule has 0 unspecified atom stereocenters. The molecule has 0 spiro atoms. The second-order valence-electron chi connectivity index (χ2n) is 4.41. The van der Waals surface area contributed by atoms with Crippen LogP contribution in [0.5, 0.6) is 5.75 Å². The van der Waals surface area contributed by atoms with Gasteiger partial charge in [-0.3, -0.25) is 9.48 Å². The van der Waals surface area contributed by atoms with Gasteiger partial charge in [0.05, 0.1) is 19.9 Å². The summed E-state index contributed by atoms with van der Waals surface area (Å²) >= 11 is 0. The minimum Gasteiger partial charge on any atom is -0.497 e. The first-order valence-corrected chi connectivity index (χ1v) is 6.29. The zero-order chi connectivity index (χ0) is 14.4. The topological polar surface area (TPSA) is 68.2 Å². The molecule has 0 bridgehead atoms. The van der Waals surface area contributed by atoms with Crippen LogP contribution in [0, 0.1) is 0 Å². The Morgan fingerprint density at radius 3 is 3.00 bits per heavy atom. The summed E-state index contributed by atoms with van der Waals surface area (Å²) in [5.41, 5.74) is 1.76. The van der Waals surface area contributed by atoms with Crippen molar-refractivity contribution in [1.29, 1.82) is 0 Å². The summed E-state index contributed by atoms with van der Waals surface area (Å²) < 4.78 is 6.83. The zero-order valence-electron chi connectivity index (χ0n) is 11.6. The van der Waals surface area contributed by atoms with Crippen LogP contribution in [0.2, 0.25) is 0 Å². The Labute approximate surface area is 117 Å². The van der Waals surface area contributed by atoms with E-state index in [-0.39, 0.29) is 12.5 Å². The van der Waals surface area contributed by atoms with Gasteiger partial charge in [-0.15, -0.1) is 0 Å². The van der Waals surface area contributed by atoms with E-state index in [0.717, 1.165) is 11.3 Å². The van der Waals surface area contributed by atoms with Crippen LogP contribution in [-0.4, -0.2) is 29.3 Å². The van der Waals surface area contributed by atoms with E-state index in [1.165, 1.54) is 0 Å². The first kappa shape index (κ1) is 14.1. The Hall–Kier alpha value is -2.34. The number of carbonyl (C=O) groups is 1. The number of aromatic nitrogens is 2. The summed E-state index contributed by atoms with van der Waals surface area (Å²) in [5.74, 6) is 0.619. The predicted molar refractivity (Wildman–Crippen MR) is 76.5 cm³/mol. The van der Waals surface area contributed by atoms with E-state index in [2.05, 4.69) is 15.7 Å². The first-order valence-electron chi connectivity index (χ1n) is 6.29. The number of hydrogen-bond acceptors (Lipinski definition) is 4. The van der Waals surface area contributed by atoms with Gasteiger partial charge in [-0.1, -0.05) is 6.07 Å². The number of benzene rings is 1. The van der Waals surface area contributed by atoms with Crippen molar-refractivity contribution in [3.05, 3.63) is 42.2 Å². The van der Waals surface area contributed by atoms with Gasteiger partial charge < -0.3 is 15.4 Å². The van der Waals surface area contributed by atoms with Crippen molar-refractivity contribution >= 4 is 11.6 Å². The standard InChI is InChI=1S/C14H18N4O2/c1-18-10-11(8-16-18)7-15-9-14(19)17-12-4-3-5-13(6-12)20-2/h3-6,8,10,15H,7,9H2,1-2H3,(H,17,19). The lowest BCUT2D eigenvalue weighted by Crippen LogP contribution is -2.27. The highest BCUT2D eigenvalue weighted by atomic mass is 16.5. The molecule has 0 fully saturated rings. The fourth-order valence-corrected chi connectivity index (χ4v) is 1.79. The number of nitrogens with one attached hydrogen (secondary N) is 2. The number of methoxy groups -OCH3 is 1. The molecule has 1 aromatic carbocycles. The number of aryl methyl sites for hydroxylation is 1. The zero-order valence-corrected chi connectivity index (χ0v) is 11.6. The number of nitrogens with zero attached hydrogens (tertiary/aromatic N) is 2. The molecular formula is C14H18N4O2. The Morgan fingerprint density at radius 1 is 1.45 bits per heavy atom. The molecule has 106 valence electrons. The monoisotopic (exact) mass is 274 g/mol. The average molecular weight is 274 g/mol. The smallest absolute Gasteiger partial charge is 0.238 e. The van der Waals surface area contributed by atoms with Crippen LogP contribution in [0.15, 0.2) is 36.7 Å². The molecule has 0 aliphatic heterocycles. The molecule has 1 amide bonds. The number of amides is 1. The molecule has 6 heteroatoms. The van der Waals surface area contributed by atoms with Crippen LogP contribution >= 0.6 is 0 Å². The van der Waals surface area contributed by atoms with Crippen molar-refractivity contribution in [3.8, 4) is 5.75 Å². The lowest BCUT2D eigenvalue weighted by molar-refractivity contribution is -0.115. The Morgan fingerprint density at radius 2 is 2.30 bits per heavy atom. The second kappa shape index (κ2) is 6.72. The maximum absolute atomic E-state index is 11.8. The number of carbonyl (C=O) groups excluding carboxylic acids is 1. The van der Waals surface area contributed by atoms with Crippen LogP contribution < -0.4 is 15.4 Å². The number of hydrogen-bond donors (Lipinski definition) is 2. The number of anilines is 1. The quantitative estimate of drug-likeness (QED) is 0.829. The third kappa shape index (κ3) is 4.10. The molecule has 1 heterocycles. The fourth-order valence-electron chi connectivity index (χ4n) is 1.79. The first-order chi connectivity index (χ1) is 9.67. The van der Waals surface area contributed by atoms with Crippen LogP contribution in [0.3, 0.4) is 0 Å². The highest BCUT2D eigenvalue weighted by Gasteiger charge is 2.03. The Bertz CT molecular complexity index is 580. The van der Waals surface area contributed by atoms with Gasteiger partial charge in [0.25, 0.3) is 0 Å². The molecule has 0 saturated heterocycles. The van der Waals surface area contributed by atoms with Gasteiger partial charge in [-0.05, 0) is 12.1 Å².